The summed E-state index contributed by atoms with van der Waals surface area (Å²) in [4.78, 5) is 17.9. The Hall–Kier alpha value is -1.62. The topological polar surface area (TPSA) is 57.3 Å². The number of rotatable bonds is 7. The van der Waals surface area contributed by atoms with Crippen LogP contribution in [0.4, 0.5) is 5.69 Å². The van der Waals surface area contributed by atoms with Gasteiger partial charge in [-0.05, 0) is 25.6 Å². The third-order valence-corrected chi connectivity index (χ3v) is 2.68. The molecule has 0 atom stereocenters. The van der Waals surface area contributed by atoms with Crippen molar-refractivity contribution >= 4 is 11.6 Å². The lowest BCUT2D eigenvalue weighted by atomic mass is 10.3. The maximum absolute atomic E-state index is 11.5. The number of pyridine rings is 1. The third-order valence-electron chi connectivity index (χ3n) is 2.68. The minimum absolute atomic E-state index is 0.0594. The summed E-state index contributed by atoms with van der Waals surface area (Å²) >= 11 is 0. The standard InChI is InChI=1S/C13H22N4O/c1-4-15-13(18)10-17(5-2)9-12-8-11(14-3)6-7-16-12/h6-8H,4-5,9-10H2,1-3H3,(H,14,16)(H,15,18). The number of nitrogens with zero attached hydrogens (tertiary/aromatic N) is 2. The van der Waals surface area contributed by atoms with Gasteiger partial charge in [-0.3, -0.25) is 14.7 Å². The van der Waals surface area contributed by atoms with Crippen molar-refractivity contribution in [2.75, 3.05) is 32.0 Å². The van der Waals surface area contributed by atoms with Crippen LogP contribution >= 0.6 is 0 Å². The van der Waals surface area contributed by atoms with Crippen LogP contribution in [0.2, 0.25) is 0 Å². The van der Waals surface area contributed by atoms with Gasteiger partial charge in [-0.25, -0.2) is 0 Å². The first kappa shape index (κ1) is 14.4. The Kier molecular flexibility index (Phi) is 6.14. The van der Waals surface area contributed by atoms with E-state index >= 15 is 0 Å². The van der Waals surface area contributed by atoms with Crippen LogP contribution in [-0.4, -0.2) is 42.5 Å². The molecule has 0 aliphatic carbocycles. The van der Waals surface area contributed by atoms with E-state index in [1.54, 1.807) is 6.20 Å². The molecule has 0 bridgehead atoms. The van der Waals surface area contributed by atoms with Crippen molar-refractivity contribution in [3.05, 3.63) is 24.0 Å². The Labute approximate surface area is 109 Å². The van der Waals surface area contributed by atoms with Crippen molar-refractivity contribution < 1.29 is 4.79 Å². The fourth-order valence-electron chi connectivity index (χ4n) is 1.68. The van der Waals surface area contributed by atoms with Gasteiger partial charge in [0.05, 0.1) is 12.2 Å². The fourth-order valence-corrected chi connectivity index (χ4v) is 1.68. The normalized spacial score (nSPS) is 10.4. The van der Waals surface area contributed by atoms with Gasteiger partial charge in [0.2, 0.25) is 5.91 Å². The van der Waals surface area contributed by atoms with E-state index in [-0.39, 0.29) is 5.91 Å². The van der Waals surface area contributed by atoms with E-state index in [1.807, 2.05) is 33.0 Å². The molecule has 0 unspecified atom stereocenters. The van der Waals surface area contributed by atoms with Crippen LogP contribution in [0.3, 0.4) is 0 Å². The summed E-state index contributed by atoms with van der Waals surface area (Å²) in [6, 6.07) is 3.92. The largest absolute Gasteiger partial charge is 0.388 e. The highest BCUT2D eigenvalue weighted by Crippen LogP contribution is 2.08. The molecule has 0 saturated heterocycles. The smallest absolute Gasteiger partial charge is 0.234 e. The molecule has 2 N–H and O–H groups in total. The van der Waals surface area contributed by atoms with Crippen molar-refractivity contribution in [1.82, 2.24) is 15.2 Å². The average Bonchev–Trinajstić information content (AvgIpc) is 2.38. The monoisotopic (exact) mass is 250 g/mol. The van der Waals surface area contributed by atoms with Gasteiger partial charge in [-0.2, -0.15) is 0 Å². The van der Waals surface area contributed by atoms with Crippen LogP contribution in [0.25, 0.3) is 0 Å². The van der Waals surface area contributed by atoms with Crippen LogP contribution in [0.5, 0.6) is 0 Å². The Morgan fingerprint density at radius 3 is 2.83 bits per heavy atom. The van der Waals surface area contributed by atoms with Crippen LogP contribution in [0, 0.1) is 0 Å². The molecule has 1 rings (SSSR count). The lowest BCUT2D eigenvalue weighted by Gasteiger charge is -2.19. The number of nitrogens with one attached hydrogen (secondary N) is 2. The quantitative estimate of drug-likeness (QED) is 0.760. The Balaban J connectivity index is 2.58. The van der Waals surface area contributed by atoms with E-state index in [9.17, 15) is 4.79 Å². The molecule has 0 aliphatic rings. The number of hydrogen-bond donors (Lipinski definition) is 2. The summed E-state index contributed by atoms with van der Waals surface area (Å²) in [5, 5.41) is 5.89. The molecule has 0 radical (unpaired) electrons. The van der Waals surface area contributed by atoms with Gasteiger partial charge < -0.3 is 10.6 Å². The number of carbonyl (C=O) groups is 1. The number of aromatic nitrogens is 1. The average molecular weight is 250 g/mol. The van der Waals surface area contributed by atoms with Crippen molar-refractivity contribution in [3.8, 4) is 0 Å². The zero-order chi connectivity index (χ0) is 13.4. The summed E-state index contributed by atoms with van der Waals surface area (Å²) in [5.41, 5.74) is 2.00. The first-order valence-corrected chi connectivity index (χ1v) is 6.31. The summed E-state index contributed by atoms with van der Waals surface area (Å²) in [6.07, 6.45) is 1.78. The van der Waals surface area contributed by atoms with Crippen molar-refractivity contribution in [1.29, 1.82) is 0 Å². The van der Waals surface area contributed by atoms with Gasteiger partial charge in [0.1, 0.15) is 0 Å². The molecule has 1 amide bonds. The predicted octanol–water partition coefficient (Wildman–Crippen LogP) is 1.08. The molecule has 0 spiro atoms. The number of hydrogen-bond acceptors (Lipinski definition) is 4. The summed E-state index contributed by atoms with van der Waals surface area (Å²) in [5.74, 6) is 0.0594. The number of likely N-dealkylation sites (N-methyl/N-ethyl adjacent to an activating group) is 2. The van der Waals surface area contributed by atoms with Gasteiger partial charge >= 0.3 is 0 Å². The highest BCUT2D eigenvalue weighted by molar-refractivity contribution is 5.77. The predicted molar refractivity (Wildman–Crippen MR) is 73.4 cm³/mol. The van der Waals surface area contributed by atoms with Crippen LogP contribution in [-0.2, 0) is 11.3 Å². The van der Waals surface area contributed by atoms with Crippen LogP contribution in [0.15, 0.2) is 18.3 Å². The molecular weight excluding hydrogens is 228 g/mol. The van der Waals surface area contributed by atoms with Crippen molar-refractivity contribution in [3.63, 3.8) is 0 Å². The Bertz CT molecular complexity index is 381. The molecule has 1 aromatic rings. The molecule has 1 aromatic heterocycles. The van der Waals surface area contributed by atoms with Crippen LogP contribution in [0.1, 0.15) is 19.5 Å². The second-order valence-corrected chi connectivity index (χ2v) is 4.04. The molecule has 0 aliphatic heterocycles. The van der Waals surface area contributed by atoms with E-state index in [1.165, 1.54) is 0 Å². The molecule has 5 nitrogen and oxygen atoms in total. The molecule has 1 heterocycles. The van der Waals surface area contributed by atoms with E-state index in [2.05, 4.69) is 20.5 Å². The van der Waals surface area contributed by atoms with E-state index in [0.29, 0.717) is 19.6 Å². The SMILES string of the molecule is CCNC(=O)CN(CC)Cc1cc(NC)ccn1. The lowest BCUT2D eigenvalue weighted by Crippen LogP contribution is -2.36. The summed E-state index contributed by atoms with van der Waals surface area (Å²) in [7, 11) is 1.88. The molecular formula is C13H22N4O. The molecule has 100 valence electrons. The zero-order valence-corrected chi connectivity index (χ0v) is 11.4. The number of amides is 1. The zero-order valence-electron chi connectivity index (χ0n) is 11.4. The first-order chi connectivity index (χ1) is 8.69. The summed E-state index contributed by atoms with van der Waals surface area (Å²) in [6.45, 7) is 6.55. The maximum atomic E-state index is 11.5. The van der Waals surface area contributed by atoms with Gasteiger partial charge in [0, 0.05) is 32.0 Å². The second-order valence-electron chi connectivity index (χ2n) is 4.04. The lowest BCUT2D eigenvalue weighted by molar-refractivity contribution is -0.122. The number of anilines is 1. The minimum atomic E-state index is 0.0594. The molecule has 18 heavy (non-hydrogen) atoms. The second kappa shape index (κ2) is 7.66. The molecule has 0 aromatic carbocycles. The Morgan fingerprint density at radius 1 is 1.44 bits per heavy atom. The minimum Gasteiger partial charge on any atom is -0.388 e. The molecule has 5 heteroatoms. The highest BCUT2D eigenvalue weighted by atomic mass is 16.2. The maximum Gasteiger partial charge on any atom is 0.234 e. The third kappa shape index (κ3) is 4.71. The van der Waals surface area contributed by atoms with Gasteiger partial charge in [-0.15, -0.1) is 0 Å². The fraction of sp³-hybridized carbons (Fsp3) is 0.538. The summed E-state index contributed by atoms with van der Waals surface area (Å²) < 4.78 is 0. The van der Waals surface area contributed by atoms with E-state index in [0.717, 1.165) is 17.9 Å². The molecule has 0 fully saturated rings. The van der Waals surface area contributed by atoms with Crippen molar-refractivity contribution in [2.45, 2.75) is 20.4 Å². The highest BCUT2D eigenvalue weighted by Gasteiger charge is 2.09. The van der Waals surface area contributed by atoms with Gasteiger partial charge in [-0.1, -0.05) is 6.92 Å². The van der Waals surface area contributed by atoms with Crippen molar-refractivity contribution in [2.24, 2.45) is 0 Å². The van der Waals surface area contributed by atoms with Crippen LogP contribution < -0.4 is 10.6 Å². The van der Waals surface area contributed by atoms with E-state index < -0.39 is 0 Å². The first-order valence-electron chi connectivity index (χ1n) is 6.31. The molecule has 0 saturated carbocycles. The van der Waals surface area contributed by atoms with Gasteiger partial charge in [0.25, 0.3) is 0 Å². The van der Waals surface area contributed by atoms with E-state index in [4.69, 9.17) is 0 Å². The Morgan fingerprint density at radius 2 is 2.22 bits per heavy atom. The van der Waals surface area contributed by atoms with Gasteiger partial charge in [0.15, 0.2) is 0 Å². The number of carbonyl (C=O) groups excluding carboxylic acids is 1.